The van der Waals surface area contributed by atoms with Gasteiger partial charge in [-0.15, -0.1) is 0 Å². The SMILES string of the molecule is CC(=O)O[C@@H]1C=C[C@H](I)C1. The molecule has 1 aliphatic rings. The Bertz CT molecular complexity index is 165. The van der Waals surface area contributed by atoms with Gasteiger partial charge in [-0.1, -0.05) is 28.7 Å². The van der Waals surface area contributed by atoms with Gasteiger partial charge in [-0.3, -0.25) is 4.79 Å². The fourth-order valence-electron chi connectivity index (χ4n) is 0.924. The number of rotatable bonds is 1. The summed E-state index contributed by atoms with van der Waals surface area (Å²) < 4.78 is 5.48. The highest BCUT2D eigenvalue weighted by molar-refractivity contribution is 14.1. The van der Waals surface area contributed by atoms with Crippen molar-refractivity contribution in [2.24, 2.45) is 0 Å². The van der Waals surface area contributed by atoms with Crippen LogP contribution in [0.1, 0.15) is 13.3 Å². The Morgan fingerprint density at radius 2 is 2.40 bits per heavy atom. The Morgan fingerprint density at radius 1 is 1.70 bits per heavy atom. The number of ether oxygens (including phenoxy) is 1. The third-order valence-corrected chi connectivity index (χ3v) is 2.23. The number of allylic oxidation sites excluding steroid dienone is 1. The quantitative estimate of drug-likeness (QED) is 0.307. The molecule has 0 saturated heterocycles. The summed E-state index contributed by atoms with van der Waals surface area (Å²) in [5.74, 6) is -0.194. The maximum absolute atomic E-state index is 10.4. The second-order valence-corrected chi connectivity index (χ2v) is 3.88. The van der Waals surface area contributed by atoms with Crippen molar-refractivity contribution >= 4 is 28.6 Å². The first-order valence-electron chi connectivity index (χ1n) is 3.18. The number of halogens is 1. The van der Waals surface area contributed by atoms with Gasteiger partial charge in [0.1, 0.15) is 6.10 Å². The molecule has 1 aliphatic carbocycles. The van der Waals surface area contributed by atoms with Gasteiger partial charge in [-0.25, -0.2) is 0 Å². The zero-order valence-electron chi connectivity index (χ0n) is 5.71. The van der Waals surface area contributed by atoms with E-state index in [9.17, 15) is 4.79 Å². The van der Waals surface area contributed by atoms with Gasteiger partial charge in [0.15, 0.2) is 0 Å². The summed E-state index contributed by atoms with van der Waals surface area (Å²) in [5.41, 5.74) is 0. The van der Waals surface area contributed by atoms with Gasteiger partial charge >= 0.3 is 5.97 Å². The summed E-state index contributed by atoms with van der Waals surface area (Å²) >= 11 is 2.32. The van der Waals surface area contributed by atoms with Crippen LogP contribution in [0.15, 0.2) is 12.2 Å². The number of carbonyl (C=O) groups excluding carboxylic acids is 1. The summed E-state index contributed by atoms with van der Waals surface area (Å²) in [6.45, 7) is 1.44. The summed E-state index contributed by atoms with van der Waals surface area (Å²) in [4.78, 5) is 10.4. The number of hydrogen-bond acceptors (Lipinski definition) is 2. The maximum Gasteiger partial charge on any atom is 0.303 e. The summed E-state index contributed by atoms with van der Waals surface area (Å²) in [5, 5.41) is 0. The van der Waals surface area contributed by atoms with Gasteiger partial charge in [-0.05, 0) is 6.08 Å². The van der Waals surface area contributed by atoms with E-state index in [1.807, 2.05) is 6.08 Å². The molecule has 0 aliphatic heterocycles. The van der Waals surface area contributed by atoms with Gasteiger partial charge in [0.25, 0.3) is 0 Å². The van der Waals surface area contributed by atoms with Crippen LogP contribution in [0, 0.1) is 0 Å². The molecule has 0 radical (unpaired) electrons. The average Bonchev–Trinajstić information content (AvgIpc) is 2.13. The Kier molecular flexibility index (Phi) is 2.71. The Morgan fingerprint density at radius 3 is 2.80 bits per heavy atom. The maximum atomic E-state index is 10.4. The molecule has 0 bridgehead atoms. The van der Waals surface area contributed by atoms with E-state index in [0.29, 0.717) is 3.92 Å². The molecule has 0 aromatic rings. The molecule has 0 saturated carbocycles. The predicted octanol–water partition coefficient (Wildman–Crippen LogP) is 1.68. The molecule has 2 atom stereocenters. The van der Waals surface area contributed by atoms with Crippen molar-refractivity contribution in [2.75, 3.05) is 0 Å². The van der Waals surface area contributed by atoms with E-state index in [2.05, 4.69) is 28.7 Å². The Balaban J connectivity index is 2.33. The van der Waals surface area contributed by atoms with E-state index in [-0.39, 0.29) is 12.1 Å². The van der Waals surface area contributed by atoms with Crippen LogP contribution in [0.4, 0.5) is 0 Å². The minimum Gasteiger partial charge on any atom is -0.458 e. The van der Waals surface area contributed by atoms with Crippen molar-refractivity contribution in [3.8, 4) is 0 Å². The molecule has 0 N–H and O–H groups in total. The highest BCUT2D eigenvalue weighted by Crippen LogP contribution is 2.20. The van der Waals surface area contributed by atoms with Crippen LogP contribution >= 0.6 is 22.6 Å². The fourth-order valence-corrected chi connectivity index (χ4v) is 1.67. The van der Waals surface area contributed by atoms with E-state index in [4.69, 9.17) is 4.74 Å². The minimum absolute atomic E-state index is 0.0272. The van der Waals surface area contributed by atoms with Crippen molar-refractivity contribution in [2.45, 2.75) is 23.4 Å². The predicted molar refractivity (Wildman–Crippen MR) is 47.1 cm³/mol. The molecule has 3 heteroatoms. The van der Waals surface area contributed by atoms with E-state index in [0.717, 1.165) is 6.42 Å². The average molecular weight is 252 g/mol. The number of esters is 1. The highest BCUT2D eigenvalue weighted by atomic mass is 127. The molecule has 0 aromatic carbocycles. The van der Waals surface area contributed by atoms with Crippen LogP contribution in [0.5, 0.6) is 0 Å². The molecule has 0 aromatic heterocycles. The zero-order chi connectivity index (χ0) is 7.56. The second kappa shape index (κ2) is 3.37. The standard InChI is InChI=1S/C7H9IO2/c1-5(9)10-7-3-2-6(8)4-7/h2-3,6-7H,4H2,1H3/t6-,7+/m0/s1. The molecule has 10 heavy (non-hydrogen) atoms. The zero-order valence-corrected chi connectivity index (χ0v) is 7.87. The first-order chi connectivity index (χ1) is 4.68. The Hall–Kier alpha value is -0.0600. The number of carbonyl (C=O) groups is 1. The molecule has 0 fully saturated rings. The lowest BCUT2D eigenvalue weighted by Crippen LogP contribution is -2.12. The fraction of sp³-hybridized carbons (Fsp3) is 0.571. The van der Waals surface area contributed by atoms with Gasteiger partial charge in [0.2, 0.25) is 0 Å². The van der Waals surface area contributed by atoms with Gasteiger partial charge in [0, 0.05) is 17.3 Å². The highest BCUT2D eigenvalue weighted by Gasteiger charge is 2.17. The minimum atomic E-state index is -0.194. The van der Waals surface area contributed by atoms with Crippen molar-refractivity contribution in [3.63, 3.8) is 0 Å². The van der Waals surface area contributed by atoms with Gasteiger partial charge in [-0.2, -0.15) is 0 Å². The lowest BCUT2D eigenvalue weighted by molar-refractivity contribution is -0.144. The first-order valence-corrected chi connectivity index (χ1v) is 4.42. The van der Waals surface area contributed by atoms with Gasteiger partial charge in [0.05, 0.1) is 0 Å². The summed E-state index contributed by atoms with van der Waals surface area (Å²) in [7, 11) is 0. The van der Waals surface area contributed by atoms with Crippen LogP contribution in [-0.4, -0.2) is 16.0 Å². The van der Waals surface area contributed by atoms with Crippen LogP contribution in [0.25, 0.3) is 0 Å². The largest absolute Gasteiger partial charge is 0.458 e. The molecule has 0 spiro atoms. The second-order valence-electron chi connectivity index (χ2n) is 2.28. The summed E-state index contributed by atoms with van der Waals surface area (Å²) in [6, 6.07) is 0. The third-order valence-electron chi connectivity index (χ3n) is 1.31. The number of alkyl halides is 1. The van der Waals surface area contributed by atoms with Crippen molar-refractivity contribution in [3.05, 3.63) is 12.2 Å². The molecular weight excluding hydrogens is 243 g/mol. The molecule has 0 unspecified atom stereocenters. The summed E-state index contributed by atoms with van der Waals surface area (Å²) in [6.07, 6.45) is 4.96. The molecule has 0 heterocycles. The third kappa shape index (κ3) is 2.28. The molecule has 56 valence electrons. The lowest BCUT2D eigenvalue weighted by Gasteiger charge is -2.07. The topological polar surface area (TPSA) is 26.3 Å². The van der Waals surface area contributed by atoms with E-state index >= 15 is 0 Å². The van der Waals surface area contributed by atoms with Crippen molar-refractivity contribution in [1.82, 2.24) is 0 Å². The van der Waals surface area contributed by atoms with Crippen LogP contribution < -0.4 is 0 Å². The van der Waals surface area contributed by atoms with Crippen LogP contribution in [0.3, 0.4) is 0 Å². The first kappa shape index (κ1) is 8.04. The molecule has 0 amide bonds. The van der Waals surface area contributed by atoms with E-state index < -0.39 is 0 Å². The van der Waals surface area contributed by atoms with Crippen molar-refractivity contribution in [1.29, 1.82) is 0 Å². The van der Waals surface area contributed by atoms with Crippen molar-refractivity contribution < 1.29 is 9.53 Å². The molecule has 1 rings (SSSR count). The van der Waals surface area contributed by atoms with Gasteiger partial charge < -0.3 is 4.74 Å². The van der Waals surface area contributed by atoms with E-state index in [1.165, 1.54) is 6.92 Å². The monoisotopic (exact) mass is 252 g/mol. The molecule has 2 nitrogen and oxygen atoms in total. The van der Waals surface area contributed by atoms with Crippen LogP contribution in [0.2, 0.25) is 0 Å². The smallest absolute Gasteiger partial charge is 0.303 e. The molecular formula is C7H9IO2. The van der Waals surface area contributed by atoms with Crippen LogP contribution in [-0.2, 0) is 9.53 Å². The normalized spacial score (nSPS) is 30.6. The Labute approximate surface area is 73.8 Å². The lowest BCUT2D eigenvalue weighted by atomic mass is 10.3. The number of hydrogen-bond donors (Lipinski definition) is 0. The van der Waals surface area contributed by atoms with E-state index in [1.54, 1.807) is 0 Å².